The number of ether oxygens (including phenoxy) is 1. The van der Waals surface area contributed by atoms with Gasteiger partial charge in [-0.05, 0) is 46.0 Å². The number of rotatable bonds is 6. The van der Waals surface area contributed by atoms with Crippen LogP contribution in [0, 0.1) is 0 Å². The second-order valence-electron chi connectivity index (χ2n) is 7.56. The van der Waals surface area contributed by atoms with E-state index in [1.165, 1.54) is 0 Å². The quantitative estimate of drug-likeness (QED) is 0.783. The van der Waals surface area contributed by atoms with E-state index >= 15 is 0 Å². The van der Waals surface area contributed by atoms with Crippen LogP contribution in [-0.4, -0.2) is 78.5 Å². The number of aromatic nitrogens is 1. The average molecular weight is 346 g/mol. The number of carbonyl (C=O) groups excluding carboxylic acids is 1. The van der Waals surface area contributed by atoms with Gasteiger partial charge in [-0.15, -0.1) is 0 Å². The van der Waals surface area contributed by atoms with Gasteiger partial charge in [0.2, 0.25) is 11.8 Å². The summed E-state index contributed by atoms with van der Waals surface area (Å²) in [4.78, 5) is 23.6. The SMILES string of the molecule is COc1ncccc1CN1CCCC2(CCC(=O)N2CCN(C)C)C1. The Morgan fingerprint density at radius 3 is 2.96 bits per heavy atom. The first kappa shape index (κ1) is 18.1. The van der Waals surface area contributed by atoms with E-state index < -0.39 is 0 Å². The normalized spacial score (nSPS) is 24.5. The van der Waals surface area contributed by atoms with Gasteiger partial charge < -0.3 is 14.5 Å². The first-order chi connectivity index (χ1) is 12.0. The number of amides is 1. The lowest BCUT2D eigenvalue weighted by Gasteiger charge is -2.46. The lowest BCUT2D eigenvalue weighted by atomic mass is 9.86. The summed E-state index contributed by atoms with van der Waals surface area (Å²) in [6.45, 7) is 4.59. The van der Waals surface area contributed by atoms with E-state index in [0.29, 0.717) is 18.2 Å². The van der Waals surface area contributed by atoms with Gasteiger partial charge in [0.15, 0.2) is 0 Å². The maximum atomic E-state index is 12.5. The van der Waals surface area contributed by atoms with Crippen molar-refractivity contribution in [1.82, 2.24) is 19.7 Å². The van der Waals surface area contributed by atoms with Crippen molar-refractivity contribution < 1.29 is 9.53 Å². The van der Waals surface area contributed by atoms with Gasteiger partial charge in [0, 0.05) is 44.4 Å². The van der Waals surface area contributed by atoms with Crippen molar-refractivity contribution in [3.05, 3.63) is 23.9 Å². The number of hydrogen-bond donors (Lipinski definition) is 0. The smallest absolute Gasteiger partial charge is 0.223 e. The van der Waals surface area contributed by atoms with Gasteiger partial charge in [0.25, 0.3) is 0 Å². The predicted octanol–water partition coefficient (Wildman–Crippen LogP) is 1.61. The lowest BCUT2D eigenvalue weighted by Crippen LogP contribution is -2.57. The number of methoxy groups -OCH3 is 1. The first-order valence-electron chi connectivity index (χ1n) is 9.19. The van der Waals surface area contributed by atoms with Crippen LogP contribution < -0.4 is 4.74 Å². The third-order valence-corrected chi connectivity index (χ3v) is 5.52. The van der Waals surface area contributed by atoms with Crippen LogP contribution in [0.15, 0.2) is 18.3 Å². The fourth-order valence-corrected chi connectivity index (χ4v) is 4.27. The highest BCUT2D eigenvalue weighted by atomic mass is 16.5. The Hall–Kier alpha value is -1.66. The molecule has 0 bridgehead atoms. The van der Waals surface area contributed by atoms with Crippen molar-refractivity contribution in [1.29, 1.82) is 0 Å². The van der Waals surface area contributed by atoms with Crippen molar-refractivity contribution in [3.63, 3.8) is 0 Å². The number of hydrogen-bond acceptors (Lipinski definition) is 5. The van der Waals surface area contributed by atoms with E-state index in [2.05, 4.69) is 39.8 Å². The molecule has 0 aliphatic carbocycles. The van der Waals surface area contributed by atoms with Gasteiger partial charge in [-0.2, -0.15) is 0 Å². The molecular weight excluding hydrogens is 316 g/mol. The van der Waals surface area contributed by atoms with Gasteiger partial charge >= 0.3 is 0 Å². The molecule has 2 aliphatic rings. The molecule has 6 nitrogen and oxygen atoms in total. The van der Waals surface area contributed by atoms with Gasteiger partial charge in [-0.25, -0.2) is 4.98 Å². The molecule has 2 fully saturated rings. The summed E-state index contributed by atoms with van der Waals surface area (Å²) >= 11 is 0. The number of carbonyl (C=O) groups is 1. The molecule has 3 rings (SSSR count). The van der Waals surface area contributed by atoms with Crippen LogP contribution in [0.3, 0.4) is 0 Å². The molecule has 1 amide bonds. The van der Waals surface area contributed by atoms with Gasteiger partial charge in [0.05, 0.1) is 12.6 Å². The van der Waals surface area contributed by atoms with E-state index in [4.69, 9.17) is 4.74 Å². The lowest BCUT2D eigenvalue weighted by molar-refractivity contribution is -0.133. The summed E-state index contributed by atoms with van der Waals surface area (Å²) in [5.74, 6) is 1.02. The van der Waals surface area contributed by atoms with Gasteiger partial charge in [-0.1, -0.05) is 6.07 Å². The van der Waals surface area contributed by atoms with Gasteiger partial charge in [0.1, 0.15) is 0 Å². The molecule has 2 saturated heterocycles. The fourth-order valence-electron chi connectivity index (χ4n) is 4.27. The number of likely N-dealkylation sites (tertiary alicyclic amines) is 2. The van der Waals surface area contributed by atoms with E-state index in [1.54, 1.807) is 13.3 Å². The maximum Gasteiger partial charge on any atom is 0.223 e. The highest BCUT2D eigenvalue weighted by molar-refractivity contribution is 5.79. The predicted molar refractivity (Wildman–Crippen MR) is 97.5 cm³/mol. The highest BCUT2D eigenvalue weighted by Gasteiger charge is 2.47. The molecule has 3 heterocycles. The molecule has 1 aromatic heterocycles. The number of likely N-dealkylation sites (N-methyl/N-ethyl adjacent to an activating group) is 1. The van der Waals surface area contributed by atoms with Crippen molar-refractivity contribution in [3.8, 4) is 5.88 Å². The molecule has 1 spiro atoms. The summed E-state index contributed by atoms with van der Waals surface area (Å²) in [5.41, 5.74) is 1.13. The Labute approximate surface area is 150 Å². The molecule has 1 unspecified atom stereocenters. The van der Waals surface area contributed by atoms with E-state index in [0.717, 1.165) is 57.5 Å². The summed E-state index contributed by atoms with van der Waals surface area (Å²) in [5, 5.41) is 0. The minimum Gasteiger partial charge on any atom is -0.481 e. The summed E-state index contributed by atoms with van der Waals surface area (Å²) < 4.78 is 5.40. The fraction of sp³-hybridized carbons (Fsp3) is 0.684. The van der Waals surface area contributed by atoms with E-state index in [-0.39, 0.29) is 5.54 Å². The molecular formula is C19H30N4O2. The minimum absolute atomic E-state index is 0.0147. The minimum atomic E-state index is 0.0147. The Bertz CT molecular complexity index is 607. The molecule has 0 aromatic carbocycles. The largest absolute Gasteiger partial charge is 0.481 e. The molecule has 25 heavy (non-hydrogen) atoms. The van der Waals surface area contributed by atoms with Crippen LogP contribution in [0.4, 0.5) is 0 Å². The molecule has 138 valence electrons. The van der Waals surface area contributed by atoms with Crippen molar-refractivity contribution in [2.24, 2.45) is 0 Å². The van der Waals surface area contributed by atoms with Crippen LogP contribution in [0.2, 0.25) is 0 Å². The van der Waals surface area contributed by atoms with Crippen LogP contribution >= 0.6 is 0 Å². The van der Waals surface area contributed by atoms with E-state index in [9.17, 15) is 4.79 Å². The van der Waals surface area contributed by atoms with E-state index in [1.807, 2.05) is 6.07 Å². The summed E-state index contributed by atoms with van der Waals surface area (Å²) in [6.07, 6.45) is 5.69. The number of pyridine rings is 1. The number of nitrogens with zero attached hydrogens (tertiary/aromatic N) is 4. The molecule has 1 atom stereocenters. The van der Waals surface area contributed by atoms with Crippen molar-refractivity contribution in [2.75, 3.05) is 47.4 Å². The van der Waals surface area contributed by atoms with Crippen molar-refractivity contribution >= 4 is 5.91 Å². The van der Waals surface area contributed by atoms with Crippen LogP contribution in [0.5, 0.6) is 5.88 Å². The Morgan fingerprint density at radius 1 is 1.36 bits per heavy atom. The van der Waals surface area contributed by atoms with Gasteiger partial charge in [-0.3, -0.25) is 9.69 Å². The molecule has 0 N–H and O–H groups in total. The van der Waals surface area contributed by atoms with Crippen LogP contribution in [0.25, 0.3) is 0 Å². The average Bonchev–Trinajstić information content (AvgIpc) is 2.89. The second-order valence-corrected chi connectivity index (χ2v) is 7.56. The third-order valence-electron chi connectivity index (χ3n) is 5.52. The zero-order valence-electron chi connectivity index (χ0n) is 15.7. The highest BCUT2D eigenvalue weighted by Crippen LogP contribution is 2.38. The molecule has 2 aliphatic heterocycles. The second kappa shape index (κ2) is 7.70. The molecule has 6 heteroatoms. The Morgan fingerprint density at radius 2 is 2.20 bits per heavy atom. The summed E-state index contributed by atoms with van der Waals surface area (Å²) in [6, 6.07) is 4.04. The Balaban J connectivity index is 1.72. The third kappa shape index (κ3) is 3.96. The first-order valence-corrected chi connectivity index (χ1v) is 9.19. The summed E-state index contributed by atoms with van der Waals surface area (Å²) in [7, 11) is 5.80. The monoisotopic (exact) mass is 346 g/mol. The van der Waals surface area contributed by atoms with Crippen LogP contribution in [-0.2, 0) is 11.3 Å². The Kier molecular flexibility index (Phi) is 5.59. The maximum absolute atomic E-state index is 12.5. The number of piperidine rings is 1. The van der Waals surface area contributed by atoms with Crippen molar-refractivity contribution in [2.45, 2.75) is 37.8 Å². The molecule has 0 radical (unpaired) electrons. The van der Waals surface area contributed by atoms with Crippen LogP contribution in [0.1, 0.15) is 31.2 Å². The molecule has 1 aromatic rings. The molecule has 0 saturated carbocycles. The zero-order valence-corrected chi connectivity index (χ0v) is 15.7. The topological polar surface area (TPSA) is 48.9 Å². The zero-order chi connectivity index (χ0) is 17.9. The standard InChI is InChI=1S/C19H30N4O2/c1-21(2)12-13-23-17(24)7-9-19(23)8-5-11-22(15-19)14-16-6-4-10-20-18(16)25-3/h4,6,10H,5,7-9,11-15H2,1-3H3.